The average Bonchev–Trinajstić information content (AvgIpc) is 2.98. The minimum atomic E-state index is -3.68. The second-order valence-corrected chi connectivity index (χ2v) is 15.0. The molecule has 0 radical (unpaired) electrons. The Hall–Kier alpha value is -2.83. The highest BCUT2D eigenvalue weighted by molar-refractivity contribution is 7.86. The lowest BCUT2D eigenvalue weighted by molar-refractivity contribution is -0.123. The van der Waals surface area contributed by atoms with Crippen molar-refractivity contribution in [1.82, 2.24) is 10.6 Å². The maximum absolute atomic E-state index is 12.4. The molecule has 0 bridgehead atoms. The summed E-state index contributed by atoms with van der Waals surface area (Å²) in [5.41, 5.74) is 13.5. The summed E-state index contributed by atoms with van der Waals surface area (Å²) in [6.07, 6.45) is 3.21. The predicted molar refractivity (Wildman–Crippen MR) is 179 cm³/mol. The number of carbonyl (C=O) groups is 2. The first-order chi connectivity index (χ1) is 21.2. The zero-order valence-corrected chi connectivity index (χ0v) is 28.2. The summed E-state index contributed by atoms with van der Waals surface area (Å²) in [4.78, 5) is 24.7. The number of nitrogens with one attached hydrogen (secondary N) is 2. The fraction of sp³-hybridized carbons (Fsp3) is 0.588. The summed E-state index contributed by atoms with van der Waals surface area (Å²) >= 11 is 0. The highest BCUT2D eigenvalue weighted by Gasteiger charge is 2.24. The van der Waals surface area contributed by atoms with Gasteiger partial charge in [-0.15, -0.1) is 0 Å². The lowest BCUT2D eigenvalue weighted by Gasteiger charge is -2.25. The molecule has 0 saturated carbocycles. The molecule has 0 fully saturated rings. The van der Waals surface area contributed by atoms with Crippen LogP contribution in [-0.4, -0.2) is 71.0 Å². The molecule has 0 aliphatic rings. The van der Waals surface area contributed by atoms with Crippen LogP contribution in [0, 0.1) is 10.8 Å². The summed E-state index contributed by atoms with van der Waals surface area (Å²) in [5, 5.41) is 5.76. The Bertz CT molecular complexity index is 1260. The molecule has 0 aromatic heterocycles. The molecule has 2 rings (SSSR count). The van der Waals surface area contributed by atoms with Crippen molar-refractivity contribution in [3.8, 4) is 0 Å². The first kappa shape index (κ1) is 38.4. The normalized spacial score (nSPS) is 13.6. The zero-order valence-electron chi connectivity index (χ0n) is 27.4. The molecule has 0 saturated heterocycles. The lowest BCUT2D eigenvalue weighted by Crippen LogP contribution is -2.43. The van der Waals surface area contributed by atoms with Gasteiger partial charge < -0.3 is 26.8 Å². The fourth-order valence-corrected chi connectivity index (χ4v) is 5.69. The molecule has 6 N–H and O–H groups in total. The maximum Gasteiger partial charge on any atom is 0.267 e. The van der Waals surface area contributed by atoms with Gasteiger partial charge in [0.2, 0.25) is 11.8 Å². The van der Waals surface area contributed by atoms with Gasteiger partial charge in [-0.3, -0.25) is 13.8 Å². The van der Waals surface area contributed by atoms with Crippen molar-refractivity contribution in [3.63, 3.8) is 0 Å². The van der Waals surface area contributed by atoms with Crippen LogP contribution < -0.4 is 22.1 Å². The van der Waals surface area contributed by atoms with Gasteiger partial charge in [0.1, 0.15) is 0 Å². The number of amides is 2. The third-order valence-electron chi connectivity index (χ3n) is 7.53. The van der Waals surface area contributed by atoms with E-state index in [1.165, 1.54) is 0 Å². The SMILES string of the molecule is CC(C)(CCNC(=O)C(N)Cc1ccccc1)COCCCCS(=O)(=O)OCC(C)(C)CCNC(=O)C(N)Cc1ccccc1. The Kier molecular flexibility index (Phi) is 16.2. The molecule has 45 heavy (non-hydrogen) atoms. The van der Waals surface area contributed by atoms with Crippen molar-refractivity contribution >= 4 is 21.9 Å². The van der Waals surface area contributed by atoms with Gasteiger partial charge in [-0.2, -0.15) is 8.42 Å². The molecular weight excluding hydrogens is 592 g/mol. The topological polar surface area (TPSA) is 163 Å². The summed E-state index contributed by atoms with van der Waals surface area (Å²) in [5.74, 6) is -0.496. The van der Waals surface area contributed by atoms with E-state index in [9.17, 15) is 18.0 Å². The second-order valence-electron chi connectivity index (χ2n) is 13.3. The van der Waals surface area contributed by atoms with E-state index in [4.69, 9.17) is 20.4 Å². The molecule has 2 unspecified atom stereocenters. The van der Waals surface area contributed by atoms with Crippen molar-refractivity contribution in [1.29, 1.82) is 0 Å². The van der Waals surface area contributed by atoms with Gasteiger partial charge in [0, 0.05) is 19.7 Å². The summed E-state index contributed by atoms with van der Waals surface area (Å²) in [6.45, 7) is 9.75. The third kappa shape index (κ3) is 16.9. The highest BCUT2D eigenvalue weighted by Crippen LogP contribution is 2.22. The van der Waals surface area contributed by atoms with Crippen molar-refractivity contribution in [2.45, 2.75) is 78.3 Å². The van der Waals surface area contributed by atoms with Crippen LogP contribution in [0.3, 0.4) is 0 Å². The Morgan fingerprint density at radius 1 is 0.733 bits per heavy atom. The molecule has 2 amide bonds. The number of unbranched alkanes of at least 4 members (excludes halogenated alkanes) is 1. The molecule has 0 aliphatic carbocycles. The summed E-state index contributed by atoms with van der Waals surface area (Å²) in [6, 6.07) is 18.0. The van der Waals surface area contributed by atoms with Crippen LogP contribution in [-0.2, 0) is 41.5 Å². The Morgan fingerprint density at radius 2 is 1.18 bits per heavy atom. The minimum Gasteiger partial charge on any atom is -0.381 e. The molecule has 10 nitrogen and oxygen atoms in total. The van der Waals surface area contributed by atoms with Crippen LogP contribution in [0.25, 0.3) is 0 Å². The van der Waals surface area contributed by atoms with Gasteiger partial charge in [0.05, 0.1) is 31.1 Å². The first-order valence-electron chi connectivity index (χ1n) is 15.8. The predicted octanol–water partition coefficient (Wildman–Crippen LogP) is 3.33. The van der Waals surface area contributed by atoms with Crippen LogP contribution in [0.1, 0.15) is 64.5 Å². The number of hydrogen-bond donors (Lipinski definition) is 4. The Balaban J connectivity index is 1.55. The third-order valence-corrected chi connectivity index (χ3v) is 8.79. The van der Waals surface area contributed by atoms with Gasteiger partial charge in [-0.05, 0) is 60.5 Å². The second kappa shape index (κ2) is 19.0. The molecule has 252 valence electrons. The number of benzene rings is 2. The number of carbonyl (C=O) groups excluding carboxylic acids is 2. The largest absolute Gasteiger partial charge is 0.381 e. The van der Waals surface area contributed by atoms with Crippen LogP contribution in [0.5, 0.6) is 0 Å². The molecule has 2 aromatic rings. The van der Waals surface area contributed by atoms with Crippen molar-refractivity contribution in [3.05, 3.63) is 71.8 Å². The Morgan fingerprint density at radius 3 is 1.64 bits per heavy atom. The standard InChI is InChI=1S/C34H54N4O6S/c1-33(2,17-19-37-31(39)29(35)23-27-13-7-5-8-14-27)25-43-21-11-12-22-45(41,42)44-26-34(3,4)18-20-38-32(40)30(36)24-28-15-9-6-10-16-28/h5-10,13-16,29-30H,11-12,17-26,35-36H2,1-4H3,(H,37,39)(H,38,40). The molecule has 11 heteroatoms. The molecule has 2 aromatic carbocycles. The number of ether oxygens (including phenoxy) is 1. The van der Waals surface area contributed by atoms with Crippen molar-refractivity contribution in [2.24, 2.45) is 22.3 Å². The van der Waals surface area contributed by atoms with Gasteiger partial charge in [0.25, 0.3) is 10.1 Å². The van der Waals surface area contributed by atoms with E-state index in [0.29, 0.717) is 58.4 Å². The van der Waals surface area contributed by atoms with Gasteiger partial charge in [0.15, 0.2) is 0 Å². The molecule has 2 atom stereocenters. The summed E-state index contributed by atoms with van der Waals surface area (Å²) in [7, 11) is -3.68. The van der Waals surface area contributed by atoms with E-state index in [1.54, 1.807) is 0 Å². The lowest BCUT2D eigenvalue weighted by atomic mass is 9.90. The van der Waals surface area contributed by atoms with Crippen LogP contribution in [0.15, 0.2) is 60.7 Å². The minimum absolute atomic E-state index is 0.0274. The van der Waals surface area contributed by atoms with E-state index >= 15 is 0 Å². The van der Waals surface area contributed by atoms with E-state index in [-0.39, 0.29) is 29.6 Å². The van der Waals surface area contributed by atoms with E-state index < -0.39 is 27.6 Å². The molecular formula is C34H54N4O6S. The number of hydrogen-bond acceptors (Lipinski definition) is 8. The summed E-state index contributed by atoms with van der Waals surface area (Å²) < 4.78 is 36.0. The van der Waals surface area contributed by atoms with Gasteiger partial charge in [-0.25, -0.2) is 0 Å². The highest BCUT2D eigenvalue weighted by atomic mass is 32.2. The number of nitrogens with two attached hydrogens (primary N) is 2. The molecule has 0 aliphatic heterocycles. The Labute approximate surface area is 270 Å². The average molecular weight is 647 g/mol. The molecule has 0 spiro atoms. The van der Waals surface area contributed by atoms with Crippen molar-refractivity contribution in [2.75, 3.05) is 38.7 Å². The van der Waals surface area contributed by atoms with Gasteiger partial charge in [-0.1, -0.05) is 88.4 Å². The van der Waals surface area contributed by atoms with Gasteiger partial charge >= 0.3 is 0 Å². The smallest absolute Gasteiger partial charge is 0.267 e. The van der Waals surface area contributed by atoms with Crippen LogP contribution in [0.2, 0.25) is 0 Å². The number of rotatable bonds is 22. The van der Waals surface area contributed by atoms with E-state index in [1.807, 2.05) is 74.5 Å². The first-order valence-corrected chi connectivity index (χ1v) is 17.4. The fourth-order valence-electron chi connectivity index (χ4n) is 4.52. The quantitative estimate of drug-likeness (QED) is 0.112. The van der Waals surface area contributed by atoms with Crippen LogP contribution in [0.4, 0.5) is 0 Å². The van der Waals surface area contributed by atoms with Crippen molar-refractivity contribution < 1.29 is 26.9 Å². The zero-order chi connectivity index (χ0) is 33.3. The molecule has 0 heterocycles. The van der Waals surface area contributed by atoms with E-state index in [2.05, 4.69) is 24.5 Å². The van der Waals surface area contributed by atoms with Crippen LogP contribution >= 0.6 is 0 Å². The monoisotopic (exact) mass is 646 g/mol. The van der Waals surface area contributed by atoms with E-state index in [0.717, 1.165) is 17.5 Å². The maximum atomic E-state index is 12.4.